The van der Waals surface area contributed by atoms with Crippen LogP contribution in [0.15, 0.2) is 18.2 Å². The van der Waals surface area contributed by atoms with Crippen LogP contribution >= 0.6 is 11.6 Å². The van der Waals surface area contributed by atoms with Crippen LogP contribution < -0.4 is 5.32 Å². The summed E-state index contributed by atoms with van der Waals surface area (Å²) < 4.78 is 17.4. The Kier molecular flexibility index (Phi) is 3.08. The van der Waals surface area contributed by atoms with Gasteiger partial charge in [0.05, 0.1) is 17.8 Å². The largest absolute Gasteiger partial charge is 0.453 e. The van der Waals surface area contributed by atoms with Crippen LogP contribution in [0.5, 0.6) is 0 Å². The summed E-state index contributed by atoms with van der Waals surface area (Å²) in [5.74, 6) is -0.672. The molecule has 1 aromatic carbocycles. The second-order valence-electron chi connectivity index (χ2n) is 2.22. The molecule has 70 valence electrons. The van der Waals surface area contributed by atoms with E-state index in [0.29, 0.717) is 0 Å². The molecular weight excluding hydrogens is 197 g/mol. The third-order valence-corrected chi connectivity index (χ3v) is 1.67. The van der Waals surface area contributed by atoms with Crippen LogP contribution in [-0.4, -0.2) is 13.2 Å². The zero-order valence-electron chi connectivity index (χ0n) is 6.80. The molecule has 0 saturated heterocycles. The number of nitrogens with one attached hydrogen (secondary N) is 1. The highest BCUT2D eigenvalue weighted by Crippen LogP contribution is 2.21. The Labute approximate surface area is 79.5 Å². The average Bonchev–Trinajstić information content (AvgIpc) is 2.13. The molecule has 0 aliphatic rings. The fraction of sp³-hybridized carbons (Fsp3) is 0.125. The first-order valence-corrected chi connectivity index (χ1v) is 3.82. The van der Waals surface area contributed by atoms with Gasteiger partial charge in [-0.2, -0.15) is 0 Å². The highest BCUT2D eigenvalue weighted by molar-refractivity contribution is 6.31. The molecule has 0 bridgehead atoms. The number of ether oxygens (including phenoxy) is 1. The summed E-state index contributed by atoms with van der Waals surface area (Å²) in [6.45, 7) is 0. The van der Waals surface area contributed by atoms with Gasteiger partial charge in [0, 0.05) is 0 Å². The van der Waals surface area contributed by atoms with Gasteiger partial charge in [-0.3, -0.25) is 5.32 Å². The zero-order valence-corrected chi connectivity index (χ0v) is 7.56. The van der Waals surface area contributed by atoms with Gasteiger partial charge in [-0.1, -0.05) is 17.7 Å². The monoisotopic (exact) mass is 203 g/mol. The van der Waals surface area contributed by atoms with Crippen molar-refractivity contribution < 1.29 is 13.9 Å². The summed E-state index contributed by atoms with van der Waals surface area (Å²) in [6.07, 6.45) is -0.735. The third kappa shape index (κ3) is 2.32. The summed E-state index contributed by atoms with van der Waals surface area (Å²) in [5.41, 5.74) is -0.000602. The van der Waals surface area contributed by atoms with E-state index in [4.69, 9.17) is 11.6 Å². The van der Waals surface area contributed by atoms with Gasteiger partial charge < -0.3 is 4.74 Å². The SMILES string of the molecule is COC(=O)Nc1cccc(Cl)c1F. The van der Waals surface area contributed by atoms with Gasteiger partial charge in [0.15, 0.2) is 5.82 Å². The van der Waals surface area contributed by atoms with Crippen molar-refractivity contribution >= 4 is 23.4 Å². The number of amides is 1. The summed E-state index contributed by atoms with van der Waals surface area (Å²) in [6, 6.07) is 4.30. The minimum absolute atomic E-state index is 0.000602. The number of anilines is 1. The van der Waals surface area contributed by atoms with E-state index in [0.717, 1.165) is 0 Å². The molecule has 1 N–H and O–H groups in total. The number of hydrogen-bond donors (Lipinski definition) is 1. The van der Waals surface area contributed by atoms with Crippen molar-refractivity contribution in [2.75, 3.05) is 12.4 Å². The standard InChI is InChI=1S/C8H7ClFNO2/c1-13-8(12)11-6-4-2-3-5(9)7(6)10/h2-4H,1H3,(H,11,12). The van der Waals surface area contributed by atoms with Gasteiger partial charge in [0.2, 0.25) is 0 Å². The van der Waals surface area contributed by atoms with Crippen LogP contribution in [0.25, 0.3) is 0 Å². The number of benzene rings is 1. The number of rotatable bonds is 1. The molecule has 3 nitrogen and oxygen atoms in total. The molecule has 0 unspecified atom stereocenters. The second kappa shape index (κ2) is 4.09. The van der Waals surface area contributed by atoms with Crippen molar-refractivity contribution in [3.8, 4) is 0 Å². The smallest absolute Gasteiger partial charge is 0.411 e. The predicted octanol–water partition coefficient (Wildman–Crippen LogP) is 2.66. The van der Waals surface area contributed by atoms with E-state index < -0.39 is 11.9 Å². The maximum absolute atomic E-state index is 13.1. The van der Waals surface area contributed by atoms with Crippen molar-refractivity contribution in [2.24, 2.45) is 0 Å². The maximum Gasteiger partial charge on any atom is 0.411 e. The Morgan fingerprint density at radius 3 is 2.92 bits per heavy atom. The highest BCUT2D eigenvalue weighted by Gasteiger charge is 2.08. The molecule has 0 atom stereocenters. The zero-order chi connectivity index (χ0) is 9.84. The first-order valence-electron chi connectivity index (χ1n) is 3.44. The van der Waals surface area contributed by atoms with Crippen LogP contribution in [0, 0.1) is 5.82 Å². The van der Waals surface area contributed by atoms with Crippen molar-refractivity contribution in [2.45, 2.75) is 0 Å². The average molecular weight is 204 g/mol. The maximum atomic E-state index is 13.1. The molecule has 0 aromatic heterocycles. The third-order valence-electron chi connectivity index (χ3n) is 1.37. The molecule has 1 rings (SSSR count). The normalized spacial score (nSPS) is 9.46. The second-order valence-corrected chi connectivity index (χ2v) is 2.63. The van der Waals surface area contributed by atoms with Gasteiger partial charge >= 0.3 is 6.09 Å². The number of methoxy groups -OCH3 is 1. The van der Waals surface area contributed by atoms with E-state index in [2.05, 4.69) is 10.1 Å². The Bertz CT molecular complexity index is 330. The molecule has 0 heterocycles. The first kappa shape index (κ1) is 9.80. The first-order chi connectivity index (χ1) is 6.15. The van der Waals surface area contributed by atoms with Crippen LogP contribution in [0.2, 0.25) is 5.02 Å². The number of hydrogen-bond acceptors (Lipinski definition) is 2. The Balaban J connectivity index is 2.89. The lowest BCUT2D eigenvalue weighted by Crippen LogP contribution is -2.12. The Morgan fingerprint density at radius 2 is 2.31 bits per heavy atom. The summed E-state index contributed by atoms with van der Waals surface area (Å²) in [5, 5.41) is 2.13. The van der Waals surface area contributed by atoms with Gasteiger partial charge in [-0.05, 0) is 12.1 Å². The lowest BCUT2D eigenvalue weighted by Gasteiger charge is -2.04. The van der Waals surface area contributed by atoms with Crippen LogP contribution in [0.3, 0.4) is 0 Å². The molecule has 0 radical (unpaired) electrons. The van der Waals surface area contributed by atoms with Crippen molar-refractivity contribution in [1.29, 1.82) is 0 Å². The van der Waals surface area contributed by atoms with Crippen LogP contribution in [-0.2, 0) is 4.74 Å². The lowest BCUT2D eigenvalue weighted by molar-refractivity contribution is 0.187. The van der Waals surface area contributed by atoms with Gasteiger partial charge in [0.1, 0.15) is 0 Å². The summed E-state index contributed by atoms with van der Waals surface area (Å²) in [4.78, 5) is 10.7. The molecule has 13 heavy (non-hydrogen) atoms. The van der Waals surface area contributed by atoms with Crippen LogP contribution in [0.1, 0.15) is 0 Å². The van der Waals surface area contributed by atoms with Gasteiger partial charge in [-0.15, -0.1) is 0 Å². The molecule has 0 aliphatic heterocycles. The Hall–Kier alpha value is -1.29. The van der Waals surface area contributed by atoms with Gasteiger partial charge in [-0.25, -0.2) is 9.18 Å². The number of carbonyl (C=O) groups is 1. The summed E-state index contributed by atoms with van der Waals surface area (Å²) in [7, 11) is 1.19. The fourth-order valence-electron chi connectivity index (χ4n) is 0.761. The predicted molar refractivity (Wildman–Crippen MR) is 47.4 cm³/mol. The lowest BCUT2D eigenvalue weighted by atomic mass is 10.3. The molecule has 0 fully saturated rings. The van der Waals surface area contributed by atoms with E-state index >= 15 is 0 Å². The van der Waals surface area contributed by atoms with E-state index in [-0.39, 0.29) is 10.7 Å². The fourth-order valence-corrected chi connectivity index (χ4v) is 0.936. The van der Waals surface area contributed by atoms with Crippen molar-refractivity contribution in [3.63, 3.8) is 0 Å². The van der Waals surface area contributed by atoms with E-state index in [1.807, 2.05) is 0 Å². The van der Waals surface area contributed by atoms with E-state index in [9.17, 15) is 9.18 Å². The van der Waals surface area contributed by atoms with E-state index in [1.54, 1.807) is 0 Å². The molecule has 1 amide bonds. The molecule has 0 saturated carbocycles. The van der Waals surface area contributed by atoms with Gasteiger partial charge in [0.25, 0.3) is 0 Å². The number of carbonyl (C=O) groups excluding carboxylic acids is 1. The molecule has 1 aromatic rings. The highest BCUT2D eigenvalue weighted by atomic mass is 35.5. The van der Waals surface area contributed by atoms with Crippen molar-refractivity contribution in [1.82, 2.24) is 0 Å². The topological polar surface area (TPSA) is 38.3 Å². The number of halogens is 2. The molecule has 5 heteroatoms. The minimum Gasteiger partial charge on any atom is -0.453 e. The summed E-state index contributed by atoms with van der Waals surface area (Å²) >= 11 is 5.47. The van der Waals surface area contributed by atoms with Crippen molar-refractivity contribution in [3.05, 3.63) is 29.0 Å². The Morgan fingerprint density at radius 1 is 1.62 bits per heavy atom. The molecule has 0 aliphatic carbocycles. The van der Waals surface area contributed by atoms with E-state index in [1.165, 1.54) is 25.3 Å². The quantitative estimate of drug-likeness (QED) is 0.762. The van der Waals surface area contributed by atoms with Crippen LogP contribution in [0.4, 0.5) is 14.9 Å². The molecular formula is C8H7ClFNO2. The molecule has 0 spiro atoms. The minimum atomic E-state index is -0.735.